The van der Waals surface area contributed by atoms with Crippen LogP contribution in [0.15, 0.2) is 17.2 Å². The van der Waals surface area contributed by atoms with Crippen LogP contribution in [0.4, 0.5) is 0 Å². The van der Waals surface area contributed by atoms with Gasteiger partial charge in [0.15, 0.2) is 0 Å². The minimum absolute atomic E-state index is 0.0148. The quantitative estimate of drug-likeness (QED) is 0.889. The fraction of sp³-hybridized carbons (Fsp3) is 0.429. The molecule has 1 heterocycles. The highest BCUT2D eigenvalue weighted by Crippen LogP contribution is 2.24. The molecule has 18 heavy (non-hydrogen) atoms. The maximum absolute atomic E-state index is 11.1. The Hall–Kier alpha value is -1.84. The molecule has 0 unspecified atom stereocenters. The molecule has 1 amide bonds. The number of aryl methyl sites for hydroxylation is 2. The van der Waals surface area contributed by atoms with E-state index in [2.05, 4.69) is 16.6 Å². The number of rotatable bonds is 3. The Morgan fingerprint density at radius 1 is 1.28 bits per heavy atom. The number of hydrazone groups is 1. The molecule has 0 saturated carbocycles. The van der Waals surface area contributed by atoms with Crippen molar-refractivity contribution in [2.45, 2.75) is 33.6 Å². The van der Waals surface area contributed by atoms with Crippen LogP contribution in [-0.2, 0) is 4.79 Å². The molecule has 0 aromatic heterocycles. The second-order valence-electron chi connectivity index (χ2n) is 4.46. The molecular formula is C14H18N2O2. The normalized spacial score (nSPS) is 15.1. The fourth-order valence-electron chi connectivity index (χ4n) is 2.08. The summed E-state index contributed by atoms with van der Waals surface area (Å²) in [6.45, 7) is 6.70. The Morgan fingerprint density at radius 2 is 2.06 bits per heavy atom. The summed E-state index contributed by atoms with van der Waals surface area (Å²) in [5.41, 5.74) is 6.79. The molecule has 0 aliphatic carbocycles. The predicted molar refractivity (Wildman–Crippen MR) is 71.0 cm³/mol. The highest BCUT2D eigenvalue weighted by Gasteiger charge is 2.16. The maximum Gasteiger partial charge on any atom is 0.240 e. The molecule has 0 saturated heterocycles. The van der Waals surface area contributed by atoms with Crippen LogP contribution in [0.5, 0.6) is 5.75 Å². The first kappa shape index (κ1) is 12.6. The number of carbonyl (C=O) groups excluding carboxylic acids is 1. The van der Waals surface area contributed by atoms with Crippen LogP contribution in [0, 0.1) is 13.8 Å². The van der Waals surface area contributed by atoms with Crippen molar-refractivity contribution >= 4 is 11.6 Å². The van der Waals surface area contributed by atoms with Gasteiger partial charge in [0.05, 0.1) is 12.3 Å². The molecule has 4 heteroatoms. The van der Waals surface area contributed by atoms with E-state index in [1.165, 1.54) is 0 Å². The fourth-order valence-corrected chi connectivity index (χ4v) is 2.08. The summed E-state index contributed by atoms with van der Waals surface area (Å²) in [7, 11) is 0. The summed E-state index contributed by atoms with van der Waals surface area (Å²) >= 11 is 0. The number of amides is 1. The SMILES string of the molecule is CCOc1cc(C)c(C2=NNC(=O)CC2)cc1C. The molecule has 1 aliphatic rings. The zero-order chi connectivity index (χ0) is 13.1. The van der Waals surface area contributed by atoms with E-state index in [4.69, 9.17) is 4.74 Å². The van der Waals surface area contributed by atoms with Crippen LogP contribution in [0.25, 0.3) is 0 Å². The summed E-state index contributed by atoms with van der Waals surface area (Å²) in [6.07, 6.45) is 1.20. The second-order valence-corrected chi connectivity index (χ2v) is 4.46. The molecule has 96 valence electrons. The van der Waals surface area contributed by atoms with Gasteiger partial charge in [-0.05, 0) is 44.0 Å². The molecule has 1 N–H and O–H groups in total. The third-order valence-corrected chi connectivity index (χ3v) is 3.04. The van der Waals surface area contributed by atoms with E-state index in [0.717, 1.165) is 28.2 Å². The maximum atomic E-state index is 11.1. The highest BCUT2D eigenvalue weighted by molar-refractivity contribution is 6.05. The van der Waals surface area contributed by atoms with E-state index in [1.807, 2.05) is 26.8 Å². The van der Waals surface area contributed by atoms with Gasteiger partial charge in [-0.3, -0.25) is 4.79 Å². The summed E-state index contributed by atoms with van der Waals surface area (Å²) < 4.78 is 5.57. The van der Waals surface area contributed by atoms with Gasteiger partial charge in [-0.2, -0.15) is 5.10 Å². The average Bonchev–Trinajstić information content (AvgIpc) is 2.35. The van der Waals surface area contributed by atoms with Gasteiger partial charge in [0.2, 0.25) is 5.91 Å². The monoisotopic (exact) mass is 246 g/mol. The number of nitrogens with zero attached hydrogens (tertiary/aromatic N) is 1. The van der Waals surface area contributed by atoms with Crippen molar-refractivity contribution < 1.29 is 9.53 Å². The van der Waals surface area contributed by atoms with Crippen molar-refractivity contribution in [3.8, 4) is 5.75 Å². The number of ether oxygens (including phenoxy) is 1. The second kappa shape index (κ2) is 5.21. The summed E-state index contributed by atoms with van der Waals surface area (Å²) in [6, 6.07) is 4.11. The van der Waals surface area contributed by atoms with Gasteiger partial charge >= 0.3 is 0 Å². The van der Waals surface area contributed by atoms with E-state index in [-0.39, 0.29) is 5.91 Å². The van der Waals surface area contributed by atoms with E-state index >= 15 is 0 Å². The van der Waals surface area contributed by atoms with Crippen LogP contribution in [0.3, 0.4) is 0 Å². The van der Waals surface area contributed by atoms with E-state index in [9.17, 15) is 4.79 Å². The van der Waals surface area contributed by atoms with Crippen molar-refractivity contribution in [3.63, 3.8) is 0 Å². The molecule has 4 nitrogen and oxygen atoms in total. The van der Waals surface area contributed by atoms with Gasteiger partial charge in [0.25, 0.3) is 0 Å². The molecule has 0 bridgehead atoms. The molecule has 0 spiro atoms. The number of benzene rings is 1. The van der Waals surface area contributed by atoms with E-state index in [1.54, 1.807) is 0 Å². The van der Waals surface area contributed by atoms with Gasteiger partial charge in [0, 0.05) is 18.4 Å². The first-order valence-corrected chi connectivity index (χ1v) is 6.21. The summed E-state index contributed by atoms with van der Waals surface area (Å²) in [5.74, 6) is 0.901. The lowest BCUT2D eigenvalue weighted by Crippen LogP contribution is -2.26. The number of hydrogen-bond donors (Lipinski definition) is 1. The first-order valence-electron chi connectivity index (χ1n) is 6.21. The van der Waals surface area contributed by atoms with Gasteiger partial charge in [-0.1, -0.05) is 0 Å². The zero-order valence-electron chi connectivity index (χ0n) is 11.0. The third kappa shape index (κ3) is 2.53. The Bertz CT molecular complexity index is 507. The van der Waals surface area contributed by atoms with Gasteiger partial charge in [-0.25, -0.2) is 5.43 Å². The molecule has 0 radical (unpaired) electrons. The Balaban J connectivity index is 2.34. The van der Waals surface area contributed by atoms with Gasteiger partial charge in [-0.15, -0.1) is 0 Å². The van der Waals surface area contributed by atoms with Crippen LogP contribution < -0.4 is 10.2 Å². The van der Waals surface area contributed by atoms with Gasteiger partial charge in [0.1, 0.15) is 5.75 Å². The van der Waals surface area contributed by atoms with Crippen LogP contribution in [0.1, 0.15) is 36.5 Å². The lowest BCUT2D eigenvalue weighted by atomic mass is 9.97. The average molecular weight is 246 g/mol. The standard InChI is InChI=1S/C14H18N2O2/c1-4-18-13-8-9(2)11(7-10(13)3)12-5-6-14(17)16-15-12/h7-8H,4-6H2,1-3H3,(H,16,17). The minimum atomic E-state index is -0.0148. The molecule has 0 atom stereocenters. The lowest BCUT2D eigenvalue weighted by Gasteiger charge is -2.16. The van der Waals surface area contributed by atoms with Crippen molar-refractivity contribution in [3.05, 3.63) is 28.8 Å². The van der Waals surface area contributed by atoms with Crippen molar-refractivity contribution in [2.24, 2.45) is 5.10 Å². The predicted octanol–water partition coefficient (Wildman–Crippen LogP) is 2.32. The molecule has 0 fully saturated rings. The number of carbonyl (C=O) groups is 1. The highest BCUT2D eigenvalue weighted by atomic mass is 16.5. The van der Waals surface area contributed by atoms with Crippen LogP contribution >= 0.6 is 0 Å². The minimum Gasteiger partial charge on any atom is -0.494 e. The molecule has 2 rings (SSSR count). The largest absolute Gasteiger partial charge is 0.494 e. The van der Waals surface area contributed by atoms with E-state index < -0.39 is 0 Å². The topological polar surface area (TPSA) is 50.7 Å². The van der Waals surface area contributed by atoms with Crippen molar-refractivity contribution in [2.75, 3.05) is 6.61 Å². The van der Waals surface area contributed by atoms with Gasteiger partial charge < -0.3 is 4.74 Å². The Labute approximate surface area is 107 Å². The third-order valence-electron chi connectivity index (χ3n) is 3.04. The van der Waals surface area contributed by atoms with E-state index in [0.29, 0.717) is 19.4 Å². The zero-order valence-corrected chi connectivity index (χ0v) is 11.0. The van der Waals surface area contributed by atoms with Crippen molar-refractivity contribution in [1.82, 2.24) is 5.43 Å². The number of nitrogens with one attached hydrogen (secondary N) is 1. The number of hydrogen-bond acceptors (Lipinski definition) is 3. The van der Waals surface area contributed by atoms with Crippen LogP contribution in [0.2, 0.25) is 0 Å². The lowest BCUT2D eigenvalue weighted by molar-refractivity contribution is -0.121. The molecule has 1 aromatic rings. The molecule has 1 aliphatic heterocycles. The van der Waals surface area contributed by atoms with Crippen LogP contribution in [-0.4, -0.2) is 18.2 Å². The molecule has 1 aromatic carbocycles. The Kier molecular flexibility index (Phi) is 3.65. The smallest absolute Gasteiger partial charge is 0.240 e. The van der Waals surface area contributed by atoms with Crippen molar-refractivity contribution in [1.29, 1.82) is 0 Å². The first-order chi connectivity index (χ1) is 8.61. The molecular weight excluding hydrogens is 228 g/mol. The Morgan fingerprint density at radius 3 is 2.67 bits per heavy atom. The summed E-state index contributed by atoms with van der Waals surface area (Å²) in [5, 5.41) is 4.13. The summed E-state index contributed by atoms with van der Waals surface area (Å²) in [4.78, 5) is 11.1.